The molecule has 0 unspecified atom stereocenters. The number of nitrogens with zero attached hydrogens (tertiary/aromatic N) is 5. The Morgan fingerprint density at radius 3 is 2.56 bits per heavy atom. The summed E-state index contributed by atoms with van der Waals surface area (Å²) < 4.78 is 1.45. The van der Waals surface area contributed by atoms with Crippen LogP contribution in [0.25, 0.3) is 5.69 Å². The number of urea groups is 1. The van der Waals surface area contributed by atoms with E-state index in [0.717, 1.165) is 16.0 Å². The molecule has 0 saturated carbocycles. The van der Waals surface area contributed by atoms with Gasteiger partial charge in [0.05, 0.1) is 5.69 Å². The van der Waals surface area contributed by atoms with Crippen LogP contribution in [0.4, 0.5) is 10.5 Å². The number of hydrogen-bond acceptors (Lipinski definition) is 6. The molecule has 0 aliphatic carbocycles. The second kappa shape index (κ2) is 9.41. The quantitative estimate of drug-likeness (QED) is 0.392. The molecule has 2 N–H and O–H groups in total. The van der Waals surface area contributed by atoms with E-state index >= 15 is 0 Å². The molecule has 5 rings (SSSR count). The fourth-order valence-electron chi connectivity index (χ4n) is 4.22. The van der Waals surface area contributed by atoms with Gasteiger partial charge in [0.1, 0.15) is 18.4 Å². The molecule has 10 nitrogen and oxygen atoms in total. The molecule has 0 spiro atoms. The van der Waals surface area contributed by atoms with Gasteiger partial charge >= 0.3 is 6.03 Å². The Hall–Kier alpha value is -4.86. The molecule has 0 radical (unpaired) electrons. The van der Waals surface area contributed by atoms with Crippen LogP contribution in [0.3, 0.4) is 0 Å². The summed E-state index contributed by atoms with van der Waals surface area (Å²) in [6.45, 7) is 1.20. The lowest BCUT2D eigenvalue weighted by Crippen LogP contribution is -2.42. The second-order valence-electron chi connectivity index (χ2n) is 8.62. The number of benzene rings is 3. The zero-order valence-corrected chi connectivity index (χ0v) is 19.5. The summed E-state index contributed by atoms with van der Waals surface area (Å²) in [7, 11) is 0. The van der Waals surface area contributed by atoms with Crippen molar-refractivity contribution in [3.63, 3.8) is 0 Å². The molecule has 1 saturated heterocycles. The van der Waals surface area contributed by atoms with Gasteiger partial charge in [0, 0.05) is 5.69 Å². The number of tetrazole rings is 1. The maximum atomic E-state index is 13.3. The van der Waals surface area contributed by atoms with Crippen LogP contribution in [0.2, 0.25) is 0 Å². The third kappa shape index (κ3) is 4.43. The van der Waals surface area contributed by atoms with Gasteiger partial charge < -0.3 is 10.6 Å². The Morgan fingerprint density at radius 2 is 1.78 bits per heavy atom. The van der Waals surface area contributed by atoms with Crippen molar-refractivity contribution >= 4 is 23.5 Å². The summed E-state index contributed by atoms with van der Waals surface area (Å²) in [5.41, 5.74) is 2.51. The molecule has 3 aromatic carbocycles. The third-order valence-electron chi connectivity index (χ3n) is 6.14. The second-order valence-corrected chi connectivity index (χ2v) is 8.62. The van der Waals surface area contributed by atoms with Crippen molar-refractivity contribution in [3.8, 4) is 5.69 Å². The molecule has 1 aliphatic heterocycles. The van der Waals surface area contributed by atoms with Crippen LogP contribution < -0.4 is 10.6 Å². The number of para-hydroxylation sites is 1. The van der Waals surface area contributed by atoms with Crippen LogP contribution in [-0.2, 0) is 21.5 Å². The van der Waals surface area contributed by atoms with Crippen molar-refractivity contribution in [2.75, 3.05) is 11.9 Å². The number of aromatic nitrogens is 4. The van der Waals surface area contributed by atoms with Gasteiger partial charge in [-0.15, -0.1) is 5.10 Å². The van der Waals surface area contributed by atoms with Crippen molar-refractivity contribution < 1.29 is 14.4 Å². The van der Waals surface area contributed by atoms with Crippen molar-refractivity contribution in [2.45, 2.75) is 18.9 Å². The van der Waals surface area contributed by atoms with Crippen molar-refractivity contribution in [1.29, 1.82) is 0 Å². The van der Waals surface area contributed by atoms with Gasteiger partial charge in [0.25, 0.3) is 5.91 Å². The summed E-state index contributed by atoms with van der Waals surface area (Å²) >= 11 is 0. The molecule has 180 valence electrons. The van der Waals surface area contributed by atoms with E-state index in [1.165, 1.54) is 11.0 Å². The lowest BCUT2D eigenvalue weighted by atomic mass is 9.91. The molecule has 1 aromatic heterocycles. The molecule has 1 fully saturated rings. The van der Waals surface area contributed by atoms with Gasteiger partial charge in [0.15, 0.2) is 0 Å². The SMILES string of the molecule is C[C@@]1(c2cccc(-n3cnnn3)c2)NC(=O)N(CC(=O)Nc2ccccc2Cc2ccccc2)C1=O. The van der Waals surface area contributed by atoms with Crippen LogP contribution in [-0.4, -0.2) is 49.5 Å². The normalized spacial score (nSPS) is 17.2. The Labute approximate surface area is 206 Å². The summed E-state index contributed by atoms with van der Waals surface area (Å²) in [6.07, 6.45) is 2.07. The number of amides is 4. The first kappa shape index (κ1) is 22.9. The van der Waals surface area contributed by atoms with Crippen LogP contribution >= 0.6 is 0 Å². The minimum absolute atomic E-state index is 0.410. The Bertz CT molecular complexity index is 1420. The molecule has 4 amide bonds. The monoisotopic (exact) mass is 481 g/mol. The highest BCUT2D eigenvalue weighted by molar-refractivity contribution is 6.10. The van der Waals surface area contributed by atoms with Crippen LogP contribution in [0.1, 0.15) is 23.6 Å². The van der Waals surface area contributed by atoms with Gasteiger partial charge in [0.2, 0.25) is 5.91 Å². The zero-order valence-electron chi connectivity index (χ0n) is 19.5. The smallest absolute Gasteiger partial charge is 0.324 e. The van der Waals surface area contributed by atoms with E-state index in [4.69, 9.17) is 0 Å². The Morgan fingerprint density at radius 1 is 1.00 bits per heavy atom. The minimum atomic E-state index is -1.34. The van der Waals surface area contributed by atoms with Gasteiger partial charge in [-0.05, 0) is 58.7 Å². The topological polar surface area (TPSA) is 122 Å². The number of nitrogens with one attached hydrogen (secondary N) is 2. The molecule has 36 heavy (non-hydrogen) atoms. The molecular weight excluding hydrogens is 458 g/mol. The maximum Gasteiger partial charge on any atom is 0.325 e. The predicted molar refractivity (Wildman–Crippen MR) is 131 cm³/mol. The van der Waals surface area contributed by atoms with E-state index in [0.29, 0.717) is 23.4 Å². The summed E-state index contributed by atoms with van der Waals surface area (Å²) in [4.78, 5) is 39.9. The zero-order chi connectivity index (χ0) is 25.1. The highest BCUT2D eigenvalue weighted by Crippen LogP contribution is 2.30. The lowest BCUT2D eigenvalue weighted by molar-refractivity contribution is -0.133. The molecular formula is C26H23N7O3. The standard InChI is InChI=1S/C26H23N7O3/c1-26(20-11-7-12-21(15-20)33-17-27-30-31-33)24(35)32(25(36)29-26)16-23(34)28-22-13-6-5-10-19(22)14-18-8-3-2-4-9-18/h2-13,15,17H,14,16H2,1H3,(H,28,34)(H,29,36)/t26-/m0/s1. The van der Waals surface area contributed by atoms with E-state index in [1.807, 2.05) is 48.5 Å². The Balaban J connectivity index is 1.31. The van der Waals surface area contributed by atoms with E-state index in [2.05, 4.69) is 26.2 Å². The van der Waals surface area contributed by atoms with Crippen LogP contribution in [0.15, 0.2) is 85.2 Å². The minimum Gasteiger partial charge on any atom is -0.324 e. The molecule has 2 heterocycles. The largest absolute Gasteiger partial charge is 0.325 e. The average molecular weight is 482 g/mol. The first-order chi connectivity index (χ1) is 17.4. The van der Waals surface area contributed by atoms with Gasteiger partial charge in [-0.3, -0.25) is 14.5 Å². The van der Waals surface area contributed by atoms with Crippen molar-refractivity contribution in [2.24, 2.45) is 0 Å². The number of hydrogen-bond donors (Lipinski definition) is 2. The number of anilines is 1. The number of imide groups is 1. The molecule has 1 atom stereocenters. The first-order valence-corrected chi connectivity index (χ1v) is 11.3. The highest BCUT2D eigenvalue weighted by Gasteiger charge is 2.49. The Kier molecular flexibility index (Phi) is 5.99. The van der Waals surface area contributed by atoms with E-state index in [9.17, 15) is 14.4 Å². The molecule has 1 aliphatic rings. The van der Waals surface area contributed by atoms with Gasteiger partial charge in [-0.1, -0.05) is 60.7 Å². The summed E-state index contributed by atoms with van der Waals surface area (Å²) in [5, 5.41) is 16.7. The third-order valence-corrected chi connectivity index (χ3v) is 6.14. The lowest BCUT2D eigenvalue weighted by Gasteiger charge is -2.22. The number of carbonyl (C=O) groups excluding carboxylic acids is 3. The van der Waals surface area contributed by atoms with Gasteiger partial charge in [-0.2, -0.15) is 0 Å². The number of carbonyl (C=O) groups is 3. The van der Waals surface area contributed by atoms with Crippen LogP contribution in [0.5, 0.6) is 0 Å². The molecule has 0 bridgehead atoms. The first-order valence-electron chi connectivity index (χ1n) is 11.3. The van der Waals surface area contributed by atoms with E-state index in [-0.39, 0.29) is 0 Å². The summed E-state index contributed by atoms with van der Waals surface area (Å²) in [6, 6.07) is 23.7. The van der Waals surface area contributed by atoms with E-state index in [1.54, 1.807) is 37.3 Å². The van der Waals surface area contributed by atoms with Crippen molar-refractivity contribution in [3.05, 3.63) is 102 Å². The fourth-order valence-corrected chi connectivity index (χ4v) is 4.22. The predicted octanol–water partition coefficient (Wildman–Crippen LogP) is 2.66. The van der Waals surface area contributed by atoms with E-state index < -0.39 is 29.9 Å². The highest BCUT2D eigenvalue weighted by atomic mass is 16.2. The average Bonchev–Trinajstić information content (AvgIpc) is 3.50. The number of rotatable bonds is 7. The van der Waals surface area contributed by atoms with Gasteiger partial charge in [-0.25, -0.2) is 9.48 Å². The van der Waals surface area contributed by atoms with Crippen LogP contribution in [0, 0.1) is 0 Å². The maximum absolute atomic E-state index is 13.3. The van der Waals surface area contributed by atoms with Crippen molar-refractivity contribution in [1.82, 2.24) is 30.4 Å². The molecule has 10 heteroatoms. The summed E-state index contributed by atoms with van der Waals surface area (Å²) in [5.74, 6) is -0.986. The molecule has 4 aromatic rings. The fraction of sp³-hybridized carbons (Fsp3) is 0.154.